The van der Waals surface area contributed by atoms with Gasteiger partial charge in [0.1, 0.15) is 18.1 Å². The molecule has 4 rings (SSSR count). The van der Waals surface area contributed by atoms with Crippen molar-refractivity contribution in [1.29, 1.82) is 0 Å². The molecule has 7 nitrogen and oxygen atoms in total. The van der Waals surface area contributed by atoms with E-state index in [2.05, 4.69) is 5.32 Å². The van der Waals surface area contributed by atoms with Crippen molar-refractivity contribution in [3.05, 3.63) is 93.9 Å². The smallest absolute Gasteiger partial charge is 0.293 e. The number of carbonyl (C=O) groups excluding carboxylic acids is 3. The van der Waals surface area contributed by atoms with Crippen molar-refractivity contribution in [2.24, 2.45) is 0 Å². The largest absolute Gasteiger partial charge is 0.492 e. The van der Waals surface area contributed by atoms with Crippen LogP contribution in [0.25, 0.3) is 6.08 Å². The number of ether oxygens (including phenoxy) is 2. The molecule has 0 aliphatic carbocycles. The molecular weight excluding hydrogens is 488 g/mol. The molecule has 0 bridgehead atoms. The lowest BCUT2D eigenvalue weighted by atomic mass is 10.1. The molecule has 0 saturated carbocycles. The number of carbonyl (C=O) groups is 3. The van der Waals surface area contributed by atoms with Gasteiger partial charge in [-0.15, -0.1) is 0 Å². The lowest BCUT2D eigenvalue weighted by molar-refractivity contribution is -0.123. The number of anilines is 1. The molecule has 0 atom stereocenters. The second kappa shape index (κ2) is 11.8. The summed E-state index contributed by atoms with van der Waals surface area (Å²) in [6, 6.07) is 20.3. The van der Waals surface area contributed by atoms with Gasteiger partial charge in [0.2, 0.25) is 0 Å². The summed E-state index contributed by atoms with van der Waals surface area (Å²) >= 11 is 0.871. The number of hydrogen-bond acceptors (Lipinski definition) is 6. The Kier molecular flexibility index (Phi) is 8.30. The second-order valence-corrected chi connectivity index (χ2v) is 9.67. The highest BCUT2D eigenvalue weighted by Gasteiger charge is 2.35. The molecule has 1 N–H and O–H groups in total. The first-order valence-corrected chi connectivity index (χ1v) is 12.7. The second-order valence-electron chi connectivity index (χ2n) is 8.67. The molecule has 0 aromatic heterocycles. The Hall–Kier alpha value is -4.04. The molecule has 1 saturated heterocycles. The summed E-state index contributed by atoms with van der Waals surface area (Å²) in [5, 5.41) is 2.47. The quantitative estimate of drug-likeness (QED) is 0.365. The number of rotatable bonds is 9. The van der Waals surface area contributed by atoms with E-state index >= 15 is 0 Å². The highest BCUT2D eigenvalue weighted by Crippen LogP contribution is 2.34. The Balaban J connectivity index is 1.37. The lowest BCUT2D eigenvalue weighted by Gasteiger charge is -2.13. The van der Waals surface area contributed by atoms with E-state index in [9.17, 15) is 14.4 Å². The van der Waals surface area contributed by atoms with E-state index in [1.807, 2.05) is 63.2 Å². The van der Waals surface area contributed by atoms with Crippen LogP contribution in [0.4, 0.5) is 10.5 Å². The van der Waals surface area contributed by atoms with E-state index in [0.717, 1.165) is 28.5 Å². The molecule has 190 valence electrons. The Bertz CT molecular complexity index is 1370. The third-order valence-electron chi connectivity index (χ3n) is 5.80. The van der Waals surface area contributed by atoms with Crippen LogP contribution in [0.3, 0.4) is 0 Å². The van der Waals surface area contributed by atoms with Gasteiger partial charge >= 0.3 is 0 Å². The van der Waals surface area contributed by atoms with Gasteiger partial charge in [0.15, 0.2) is 6.61 Å². The minimum atomic E-state index is -0.384. The van der Waals surface area contributed by atoms with Crippen molar-refractivity contribution >= 4 is 40.6 Å². The molecule has 0 unspecified atom stereocenters. The van der Waals surface area contributed by atoms with Crippen LogP contribution in [0.2, 0.25) is 0 Å². The number of nitrogens with one attached hydrogen (secondary N) is 1. The summed E-state index contributed by atoms with van der Waals surface area (Å²) in [4.78, 5) is 39.3. The minimum Gasteiger partial charge on any atom is -0.492 e. The van der Waals surface area contributed by atoms with Gasteiger partial charge in [-0.2, -0.15) is 0 Å². The standard InChI is InChI=1S/C29H28N2O5S/c1-19-7-6-9-24(15-19)35-14-13-31-28(33)26(37-29(31)34)17-22-8-4-5-10-25(22)36-18-27(32)30-23-12-11-20(2)21(3)16-23/h4-12,15-17H,13-14,18H2,1-3H3,(H,30,32)/b26-17-. The zero-order chi connectivity index (χ0) is 26.4. The monoisotopic (exact) mass is 516 g/mol. The van der Waals surface area contributed by atoms with Gasteiger partial charge in [0, 0.05) is 11.3 Å². The summed E-state index contributed by atoms with van der Waals surface area (Å²) in [6.45, 7) is 6.10. The zero-order valence-electron chi connectivity index (χ0n) is 20.9. The fourth-order valence-electron chi connectivity index (χ4n) is 3.68. The molecule has 3 aromatic rings. The van der Waals surface area contributed by atoms with Crippen LogP contribution in [0.1, 0.15) is 22.3 Å². The van der Waals surface area contributed by atoms with E-state index in [1.54, 1.807) is 30.3 Å². The summed E-state index contributed by atoms with van der Waals surface area (Å²) < 4.78 is 11.4. The summed E-state index contributed by atoms with van der Waals surface area (Å²) in [7, 11) is 0. The van der Waals surface area contributed by atoms with Crippen LogP contribution in [0, 0.1) is 20.8 Å². The van der Waals surface area contributed by atoms with Gasteiger partial charge in [-0.1, -0.05) is 36.4 Å². The number of aryl methyl sites for hydroxylation is 3. The summed E-state index contributed by atoms with van der Waals surface area (Å²) in [5.74, 6) is 0.444. The number of imide groups is 1. The van der Waals surface area contributed by atoms with Gasteiger partial charge in [0.05, 0.1) is 11.4 Å². The molecule has 0 radical (unpaired) electrons. The third kappa shape index (κ3) is 6.80. The van der Waals surface area contributed by atoms with Gasteiger partial charge in [-0.3, -0.25) is 19.3 Å². The predicted molar refractivity (Wildman–Crippen MR) is 146 cm³/mol. The number of para-hydroxylation sites is 1. The molecule has 8 heteroatoms. The SMILES string of the molecule is Cc1cccc(OCCN2C(=O)S/C(=C\c3ccccc3OCC(=O)Nc3ccc(C)c(C)c3)C2=O)c1. The van der Waals surface area contributed by atoms with Crippen molar-refractivity contribution < 1.29 is 23.9 Å². The van der Waals surface area contributed by atoms with E-state index in [1.165, 1.54) is 4.90 Å². The van der Waals surface area contributed by atoms with E-state index < -0.39 is 0 Å². The van der Waals surface area contributed by atoms with Crippen LogP contribution < -0.4 is 14.8 Å². The topological polar surface area (TPSA) is 84.9 Å². The highest BCUT2D eigenvalue weighted by molar-refractivity contribution is 8.18. The summed E-state index contributed by atoms with van der Waals surface area (Å²) in [5.41, 5.74) is 4.59. The predicted octanol–water partition coefficient (Wildman–Crippen LogP) is 5.74. The molecular formula is C29H28N2O5S. The number of amides is 3. The maximum atomic E-state index is 12.9. The number of thioether (sulfide) groups is 1. The third-order valence-corrected chi connectivity index (χ3v) is 6.71. The minimum absolute atomic E-state index is 0.146. The van der Waals surface area contributed by atoms with Gasteiger partial charge in [0.25, 0.3) is 17.1 Å². The fraction of sp³-hybridized carbons (Fsp3) is 0.207. The van der Waals surface area contributed by atoms with Gasteiger partial charge in [-0.05, 0) is 85.6 Å². The van der Waals surface area contributed by atoms with Crippen LogP contribution in [0.5, 0.6) is 11.5 Å². The number of nitrogens with zero attached hydrogens (tertiary/aromatic N) is 1. The lowest BCUT2D eigenvalue weighted by Crippen LogP contribution is -2.32. The molecule has 3 aromatic carbocycles. The normalized spacial score (nSPS) is 14.2. The molecule has 0 spiro atoms. The van der Waals surface area contributed by atoms with Crippen LogP contribution in [-0.2, 0) is 9.59 Å². The Morgan fingerprint density at radius 1 is 0.946 bits per heavy atom. The van der Waals surface area contributed by atoms with Crippen LogP contribution in [0.15, 0.2) is 71.6 Å². The zero-order valence-corrected chi connectivity index (χ0v) is 21.8. The van der Waals surface area contributed by atoms with Crippen molar-refractivity contribution in [2.75, 3.05) is 25.1 Å². The molecule has 1 fully saturated rings. The fourth-order valence-corrected chi connectivity index (χ4v) is 4.54. The average molecular weight is 517 g/mol. The van der Waals surface area contributed by atoms with Crippen molar-refractivity contribution in [3.8, 4) is 11.5 Å². The highest BCUT2D eigenvalue weighted by atomic mass is 32.2. The van der Waals surface area contributed by atoms with Crippen LogP contribution >= 0.6 is 11.8 Å². The average Bonchev–Trinajstić information content (AvgIpc) is 3.13. The van der Waals surface area contributed by atoms with E-state index in [4.69, 9.17) is 9.47 Å². The molecule has 1 aliphatic heterocycles. The molecule has 1 heterocycles. The summed E-state index contributed by atoms with van der Waals surface area (Å²) in [6.07, 6.45) is 1.61. The molecule has 1 aliphatic rings. The van der Waals surface area contributed by atoms with Crippen LogP contribution in [-0.4, -0.2) is 41.7 Å². The number of benzene rings is 3. The van der Waals surface area contributed by atoms with Crippen molar-refractivity contribution in [3.63, 3.8) is 0 Å². The first-order chi connectivity index (χ1) is 17.8. The Labute approximate surface area is 220 Å². The molecule has 3 amide bonds. The molecule has 37 heavy (non-hydrogen) atoms. The Morgan fingerprint density at radius 2 is 1.76 bits per heavy atom. The van der Waals surface area contributed by atoms with E-state index in [-0.39, 0.29) is 41.7 Å². The first kappa shape index (κ1) is 26.0. The Morgan fingerprint density at radius 3 is 2.54 bits per heavy atom. The maximum absolute atomic E-state index is 12.9. The maximum Gasteiger partial charge on any atom is 0.293 e. The first-order valence-electron chi connectivity index (χ1n) is 11.8. The van der Waals surface area contributed by atoms with Gasteiger partial charge < -0.3 is 14.8 Å². The van der Waals surface area contributed by atoms with Gasteiger partial charge in [-0.25, -0.2) is 0 Å². The van der Waals surface area contributed by atoms with E-state index in [0.29, 0.717) is 22.7 Å². The van der Waals surface area contributed by atoms with Crippen molar-refractivity contribution in [1.82, 2.24) is 4.90 Å². The van der Waals surface area contributed by atoms with Crippen molar-refractivity contribution in [2.45, 2.75) is 20.8 Å². The number of hydrogen-bond donors (Lipinski definition) is 1.